The molecule has 0 unspecified atom stereocenters. The highest BCUT2D eigenvalue weighted by Gasteiger charge is 2.36. The van der Waals surface area contributed by atoms with Gasteiger partial charge in [-0.1, -0.05) is 91.6 Å². The van der Waals surface area contributed by atoms with Gasteiger partial charge in [0.25, 0.3) is 8.32 Å². The molecule has 0 saturated heterocycles. The average Bonchev–Trinajstić information content (AvgIpc) is 2.53. The summed E-state index contributed by atoms with van der Waals surface area (Å²) in [6.07, 6.45) is 12.6. The first kappa shape index (κ1) is 22.4. The van der Waals surface area contributed by atoms with Crippen molar-refractivity contribution in [3.05, 3.63) is 12.2 Å². The van der Waals surface area contributed by atoms with Crippen molar-refractivity contribution < 1.29 is 9.22 Å². The summed E-state index contributed by atoms with van der Waals surface area (Å²) < 4.78 is 6.13. The van der Waals surface area contributed by atoms with Gasteiger partial charge < -0.3 is 4.43 Å². The van der Waals surface area contributed by atoms with Crippen LogP contribution in [-0.4, -0.2) is 14.3 Å². The summed E-state index contributed by atoms with van der Waals surface area (Å²) in [5.41, 5.74) is 0.554. The van der Waals surface area contributed by atoms with Crippen LogP contribution in [0.15, 0.2) is 12.2 Å². The monoisotopic (exact) mass is 340 g/mol. The van der Waals surface area contributed by atoms with Crippen LogP contribution in [0.1, 0.15) is 91.9 Å². The van der Waals surface area contributed by atoms with Gasteiger partial charge in [0, 0.05) is 5.57 Å². The number of hydrogen-bond acceptors (Lipinski definition) is 2. The van der Waals surface area contributed by atoms with E-state index >= 15 is 0 Å². The molecule has 3 heteroatoms. The van der Waals surface area contributed by atoms with Crippen LogP contribution >= 0.6 is 0 Å². The van der Waals surface area contributed by atoms with Crippen LogP contribution in [0, 0.1) is 0 Å². The third kappa shape index (κ3) is 10.8. The smallest absolute Gasteiger partial charge is 0.319 e. The van der Waals surface area contributed by atoms with E-state index in [1.165, 1.54) is 64.2 Å². The van der Waals surface area contributed by atoms with Crippen LogP contribution in [0.2, 0.25) is 18.1 Å². The molecule has 0 spiro atoms. The molecule has 0 aliphatic heterocycles. The molecule has 0 aromatic heterocycles. The Hall–Kier alpha value is -0.573. The van der Waals surface area contributed by atoms with Gasteiger partial charge in [0.05, 0.1) is 0 Å². The van der Waals surface area contributed by atoms with Crippen molar-refractivity contribution in [2.45, 2.75) is 110 Å². The summed E-state index contributed by atoms with van der Waals surface area (Å²) in [5.74, 6) is -0.144. The van der Waals surface area contributed by atoms with Gasteiger partial charge in [-0.2, -0.15) is 0 Å². The molecular formula is C20H40O2Si. The van der Waals surface area contributed by atoms with Gasteiger partial charge in [0.2, 0.25) is 0 Å². The fraction of sp³-hybridized carbons (Fsp3) is 0.850. The van der Waals surface area contributed by atoms with E-state index in [1.807, 2.05) is 0 Å². The van der Waals surface area contributed by atoms with Crippen LogP contribution in [0.5, 0.6) is 0 Å². The van der Waals surface area contributed by atoms with Gasteiger partial charge in [-0.15, -0.1) is 0 Å². The zero-order chi connectivity index (χ0) is 17.6. The largest absolute Gasteiger partial charge is 0.516 e. The molecule has 0 atom stereocenters. The van der Waals surface area contributed by atoms with Gasteiger partial charge in [-0.3, -0.25) is 0 Å². The van der Waals surface area contributed by atoms with E-state index in [-0.39, 0.29) is 5.97 Å². The minimum atomic E-state index is -1.94. The second-order valence-electron chi connectivity index (χ2n) is 7.08. The Morgan fingerprint density at radius 1 is 0.783 bits per heavy atom. The van der Waals surface area contributed by atoms with Gasteiger partial charge in [0.15, 0.2) is 0 Å². The Balaban J connectivity index is 4.68. The van der Waals surface area contributed by atoms with Crippen LogP contribution in [0.4, 0.5) is 0 Å². The fourth-order valence-electron chi connectivity index (χ4n) is 3.04. The molecule has 0 aromatic carbocycles. The van der Waals surface area contributed by atoms with Gasteiger partial charge in [-0.05, 0) is 25.1 Å². The topological polar surface area (TPSA) is 26.3 Å². The summed E-state index contributed by atoms with van der Waals surface area (Å²) in [6.45, 7) is 12.3. The fourth-order valence-corrected chi connectivity index (χ4v) is 7.55. The molecule has 0 radical (unpaired) electrons. The molecule has 0 rings (SSSR count). The van der Waals surface area contributed by atoms with Crippen molar-refractivity contribution in [2.75, 3.05) is 0 Å². The van der Waals surface area contributed by atoms with Crippen molar-refractivity contribution in [1.82, 2.24) is 0 Å². The number of unbranched alkanes of at least 4 members (excludes halogenated alkanes) is 7. The standard InChI is InChI=1S/C20H40O2Si/c1-6-9-12-13-14-15-18-23(16-10-7-2,17-11-8-3)22-20(21)19(4)5/h4,6-18H2,1-3,5H3. The normalized spacial score (nSPS) is 11.5. The SMILES string of the molecule is C=C(C)C(=O)O[Si](CCCC)(CCCC)CCCCCCCC. The lowest BCUT2D eigenvalue weighted by Gasteiger charge is -2.31. The minimum absolute atomic E-state index is 0.144. The first-order valence-corrected chi connectivity index (χ1v) is 12.4. The molecule has 0 aromatic rings. The number of rotatable bonds is 15. The number of carbonyl (C=O) groups excluding carboxylic acids is 1. The lowest BCUT2D eigenvalue weighted by Crippen LogP contribution is -2.40. The molecule has 0 heterocycles. The number of hydrogen-bond donors (Lipinski definition) is 0. The lowest BCUT2D eigenvalue weighted by molar-refractivity contribution is -0.131. The van der Waals surface area contributed by atoms with Crippen LogP contribution in [0.3, 0.4) is 0 Å². The van der Waals surface area contributed by atoms with Crippen LogP contribution in [-0.2, 0) is 9.22 Å². The first-order chi connectivity index (χ1) is 11.0. The Morgan fingerprint density at radius 2 is 1.22 bits per heavy atom. The molecule has 0 N–H and O–H groups in total. The second kappa shape index (κ2) is 13.8. The maximum absolute atomic E-state index is 12.2. The molecule has 0 fully saturated rings. The predicted molar refractivity (Wildman–Crippen MR) is 104 cm³/mol. The Morgan fingerprint density at radius 3 is 1.70 bits per heavy atom. The summed E-state index contributed by atoms with van der Waals surface area (Å²) in [7, 11) is -1.94. The first-order valence-electron chi connectivity index (χ1n) is 9.90. The van der Waals surface area contributed by atoms with E-state index in [0.29, 0.717) is 5.57 Å². The molecule has 136 valence electrons. The molecule has 0 aliphatic rings. The molecule has 0 bridgehead atoms. The third-order valence-electron chi connectivity index (χ3n) is 4.62. The summed E-state index contributed by atoms with van der Waals surface area (Å²) in [6, 6.07) is 3.42. The van der Waals surface area contributed by atoms with E-state index in [4.69, 9.17) is 4.43 Å². The maximum Gasteiger partial charge on any atom is 0.319 e. The van der Waals surface area contributed by atoms with Crippen molar-refractivity contribution in [1.29, 1.82) is 0 Å². The van der Waals surface area contributed by atoms with E-state index in [0.717, 1.165) is 18.1 Å². The molecular weight excluding hydrogens is 300 g/mol. The Bertz CT molecular complexity index is 318. The lowest BCUT2D eigenvalue weighted by atomic mass is 10.1. The maximum atomic E-state index is 12.2. The molecule has 0 amide bonds. The third-order valence-corrected chi connectivity index (χ3v) is 9.03. The highest BCUT2D eigenvalue weighted by Crippen LogP contribution is 2.30. The minimum Gasteiger partial charge on any atom is -0.516 e. The zero-order valence-corrected chi connectivity index (χ0v) is 17.2. The van der Waals surface area contributed by atoms with E-state index < -0.39 is 8.32 Å². The highest BCUT2D eigenvalue weighted by atomic mass is 28.4. The summed E-state index contributed by atoms with van der Waals surface area (Å²) in [4.78, 5) is 12.2. The van der Waals surface area contributed by atoms with Crippen molar-refractivity contribution in [2.24, 2.45) is 0 Å². The molecule has 23 heavy (non-hydrogen) atoms. The molecule has 0 saturated carbocycles. The van der Waals surface area contributed by atoms with Crippen LogP contribution in [0.25, 0.3) is 0 Å². The van der Waals surface area contributed by atoms with Gasteiger partial charge >= 0.3 is 5.97 Å². The van der Waals surface area contributed by atoms with Crippen molar-refractivity contribution in [3.8, 4) is 0 Å². The predicted octanol–water partition coefficient (Wildman–Crippen LogP) is 7.01. The van der Waals surface area contributed by atoms with Crippen molar-refractivity contribution >= 4 is 14.3 Å². The van der Waals surface area contributed by atoms with Gasteiger partial charge in [0.1, 0.15) is 0 Å². The summed E-state index contributed by atoms with van der Waals surface area (Å²) >= 11 is 0. The average molecular weight is 341 g/mol. The zero-order valence-electron chi connectivity index (χ0n) is 16.2. The van der Waals surface area contributed by atoms with E-state index in [1.54, 1.807) is 6.92 Å². The highest BCUT2D eigenvalue weighted by molar-refractivity contribution is 6.75. The van der Waals surface area contributed by atoms with Crippen LogP contribution < -0.4 is 0 Å². The molecule has 0 aliphatic carbocycles. The van der Waals surface area contributed by atoms with E-state index in [2.05, 4.69) is 27.4 Å². The second-order valence-corrected chi connectivity index (χ2v) is 11.1. The Kier molecular flexibility index (Phi) is 13.5. The summed E-state index contributed by atoms with van der Waals surface area (Å²) in [5, 5.41) is 0. The number of carbonyl (C=O) groups is 1. The van der Waals surface area contributed by atoms with Gasteiger partial charge in [-0.25, -0.2) is 4.79 Å². The van der Waals surface area contributed by atoms with E-state index in [9.17, 15) is 4.79 Å². The quantitative estimate of drug-likeness (QED) is 0.182. The Labute approximate surface area is 146 Å². The van der Waals surface area contributed by atoms with Crippen molar-refractivity contribution in [3.63, 3.8) is 0 Å². The molecule has 2 nitrogen and oxygen atoms in total.